The summed E-state index contributed by atoms with van der Waals surface area (Å²) < 4.78 is 21.1. The molecule has 1 aromatic carbocycles. The van der Waals surface area contributed by atoms with Crippen molar-refractivity contribution in [2.75, 3.05) is 7.11 Å². The third kappa shape index (κ3) is 3.07. The average Bonchev–Trinajstić information content (AvgIpc) is 3.05. The fourth-order valence-electron chi connectivity index (χ4n) is 4.50. The van der Waals surface area contributed by atoms with E-state index in [1.54, 1.807) is 0 Å². The monoisotopic (exact) mass is 376 g/mol. The van der Waals surface area contributed by atoms with E-state index >= 15 is 0 Å². The van der Waals surface area contributed by atoms with Gasteiger partial charge in [-0.1, -0.05) is 6.07 Å². The number of fused-ring (bicyclic) bond motifs is 2. The van der Waals surface area contributed by atoms with E-state index in [0.29, 0.717) is 6.42 Å². The number of nitrogens with zero attached hydrogens (tertiary/aromatic N) is 1. The Bertz CT molecular complexity index is 882. The largest absolute Gasteiger partial charge is 0.469 e. The number of aryl methyl sites for hydroxylation is 2. The van der Waals surface area contributed by atoms with Crippen LogP contribution in [-0.4, -0.2) is 28.4 Å². The maximum Gasteiger partial charge on any atom is 0.310 e. The molecular weight excluding hydrogens is 352 g/mol. The molecule has 3 aliphatic rings. The molecule has 7 heteroatoms. The van der Waals surface area contributed by atoms with Crippen LogP contribution < -0.4 is 5.14 Å². The summed E-state index contributed by atoms with van der Waals surface area (Å²) in [7, 11) is -1.93. The second-order valence-electron chi connectivity index (χ2n) is 7.52. The standard InChI is InChI=1S/C19H24N2O4S/c1-25-19(23)16-9-17(16)26(20,24)21-18(22)10-15-13-6-2-4-11(13)8-12-5-3-7-14(12)15/h8,16-17H,2-7,9-10H2,1H3,(H2,20,21,22,24). The predicted molar refractivity (Wildman–Crippen MR) is 97.9 cm³/mol. The van der Waals surface area contributed by atoms with Crippen molar-refractivity contribution in [1.29, 1.82) is 0 Å². The van der Waals surface area contributed by atoms with E-state index in [1.165, 1.54) is 29.4 Å². The van der Waals surface area contributed by atoms with Crippen molar-refractivity contribution in [3.8, 4) is 0 Å². The van der Waals surface area contributed by atoms with Crippen LogP contribution in [-0.2, 0) is 56.3 Å². The number of rotatable bonds is 4. The Morgan fingerprint density at radius 3 is 2.38 bits per heavy atom. The number of esters is 1. The van der Waals surface area contributed by atoms with Gasteiger partial charge in [-0.15, -0.1) is 4.36 Å². The van der Waals surface area contributed by atoms with Crippen LogP contribution in [0.15, 0.2) is 10.4 Å². The molecule has 1 aromatic rings. The summed E-state index contributed by atoms with van der Waals surface area (Å²) in [6.45, 7) is 0. The zero-order chi connectivity index (χ0) is 18.5. The van der Waals surface area contributed by atoms with Gasteiger partial charge in [-0.3, -0.25) is 9.59 Å². The first kappa shape index (κ1) is 17.7. The van der Waals surface area contributed by atoms with Gasteiger partial charge in [0.2, 0.25) is 0 Å². The zero-order valence-corrected chi connectivity index (χ0v) is 15.8. The maximum absolute atomic E-state index is 12.6. The van der Waals surface area contributed by atoms with Gasteiger partial charge in [0.1, 0.15) is 9.92 Å². The summed E-state index contributed by atoms with van der Waals surface area (Å²) in [4.78, 5) is 24.1. The minimum atomic E-state index is -3.21. The molecule has 1 saturated carbocycles. The SMILES string of the molecule is COC(=O)C1CC1S(N)(=O)=NC(=O)Cc1c2c(cc3c1CCC3)CCC2. The topological polar surface area (TPSA) is 98.8 Å². The van der Waals surface area contributed by atoms with E-state index in [0.717, 1.165) is 44.1 Å². The Morgan fingerprint density at radius 1 is 1.19 bits per heavy atom. The van der Waals surface area contributed by atoms with E-state index in [9.17, 15) is 13.8 Å². The quantitative estimate of drug-likeness (QED) is 0.808. The summed E-state index contributed by atoms with van der Waals surface area (Å²) in [6, 6.07) is 2.31. The molecule has 0 aromatic heterocycles. The molecule has 3 aliphatic carbocycles. The first-order chi connectivity index (χ1) is 12.4. The Hall–Kier alpha value is -1.73. The summed E-state index contributed by atoms with van der Waals surface area (Å²) >= 11 is 0. The minimum absolute atomic E-state index is 0.162. The zero-order valence-electron chi connectivity index (χ0n) is 15.0. The van der Waals surface area contributed by atoms with Crippen LogP contribution in [0.3, 0.4) is 0 Å². The first-order valence-corrected chi connectivity index (χ1v) is 10.8. The van der Waals surface area contributed by atoms with E-state index in [1.807, 2.05) is 0 Å². The molecule has 0 heterocycles. The lowest BCUT2D eigenvalue weighted by atomic mass is 9.92. The van der Waals surface area contributed by atoms with Crippen molar-refractivity contribution in [3.63, 3.8) is 0 Å². The summed E-state index contributed by atoms with van der Waals surface area (Å²) in [6.07, 6.45) is 6.89. The molecule has 4 rings (SSSR count). The number of hydrogen-bond donors (Lipinski definition) is 1. The van der Waals surface area contributed by atoms with E-state index in [2.05, 4.69) is 15.2 Å². The van der Waals surface area contributed by atoms with Crippen molar-refractivity contribution >= 4 is 21.8 Å². The molecule has 3 unspecified atom stereocenters. The van der Waals surface area contributed by atoms with Gasteiger partial charge in [-0.2, -0.15) is 0 Å². The van der Waals surface area contributed by atoms with Gasteiger partial charge in [0.15, 0.2) is 0 Å². The lowest BCUT2D eigenvalue weighted by Gasteiger charge is -2.14. The van der Waals surface area contributed by atoms with Crippen LogP contribution in [0.5, 0.6) is 0 Å². The van der Waals surface area contributed by atoms with Crippen LogP contribution in [0, 0.1) is 5.92 Å². The lowest BCUT2D eigenvalue weighted by molar-refractivity contribution is -0.142. The number of ether oxygens (including phenoxy) is 1. The van der Waals surface area contributed by atoms with E-state index in [4.69, 9.17) is 5.14 Å². The fraction of sp³-hybridized carbons (Fsp3) is 0.579. The van der Waals surface area contributed by atoms with Crippen LogP contribution >= 0.6 is 0 Å². The van der Waals surface area contributed by atoms with Gasteiger partial charge in [-0.05, 0) is 72.8 Å². The molecule has 0 saturated heterocycles. The number of carbonyl (C=O) groups excluding carboxylic acids is 2. The molecular formula is C19H24N2O4S. The molecule has 0 spiro atoms. The van der Waals surface area contributed by atoms with Crippen LogP contribution in [0.25, 0.3) is 0 Å². The highest BCUT2D eigenvalue weighted by atomic mass is 32.2. The third-order valence-corrected chi connectivity index (χ3v) is 7.72. The Kier molecular flexibility index (Phi) is 4.39. The molecule has 0 aliphatic heterocycles. The number of carbonyl (C=O) groups is 2. The van der Waals surface area contributed by atoms with Gasteiger partial charge in [0.05, 0.1) is 24.7 Å². The second-order valence-corrected chi connectivity index (χ2v) is 9.53. The van der Waals surface area contributed by atoms with Crippen LogP contribution in [0.4, 0.5) is 0 Å². The first-order valence-electron chi connectivity index (χ1n) is 9.20. The maximum atomic E-state index is 12.6. The van der Waals surface area contributed by atoms with Gasteiger partial charge in [-0.25, -0.2) is 9.35 Å². The molecule has 1 amide bonds. The van der Waals surface area contributed by atoms with Crippen molar-refractivity contribution in [2.24, 2.45) is 15.4 Å². The highest BCUT2D eigenvalue weighted by Crippen LogP contribution is 2.38. The summed E-state index contributed by atoms with van der Waals surface area (Å²) in [5.41, 5.74) is 6.38. The van der Waals surface area contributed by atoms with E-state index in [-0.39, 0.29) is 6.42 Å². The van der Waals surface area contributed by atoms with Gasteiger partial charge in [0.25, 0.3) is 5.91 Å². The highest BCUT2D eigenvalue weighted by Gasteiger charge is 2.50. The Morgan fingerprint density at radius 2 is 1.81 bits per heavy atom. The minimum Gasteiger partial charge on any atom is -0.469 e. The van der Waals surface area contributed by atoms with Crippen molar-refractivity contribution in [1.82, 2.24) is 0 Å². The van der Waals surface area contributed by atoms with E-state index < -0.39 is 33.0 Å². The van der Waals surface area contributed by atoms with Gasteiger partial charge < -0.3 is 4.74 Å². The number of benzene rings is 1. The number of methoxy groups -OCH3 is 1. The Labute approximate surface area is 153 Å². The predicted octanol–water partition coefficient (Wildman–Crippen LogP) is 1.64. The van der Waals surface area contributed by atoms with Gasteiger partial charge >= 0.3 is 5.97 Å². The second kappa shape index (κ2) is 6.46. The van der Waals surface area contributed by atoms with Crippen LogP contribution in [0.2, 0.25) is 0 Å². The number of hydrogen-bond acceptors (Lipinski definition) is 4. The molecule has 1 fully saturated rings. The summed E-state index contributed by atoms with van der Waals surface area (Å²) in [5.74, 6) is -1.38. The molecule has 6 nitrogen and oxygen atoms in total. The summed E-state index contributed by atoms with van der Waals surface area (Å²) in [5, 5.41) is 5.24. The normalized spacial score (nSPS) is 25.2. The highest BCUT2D eigenvalue weighted by molar-refractivity contribution is 7.92. The third-order valence-electron chi connectivity index (χ3n) is 5.84. The molecule has 2 N–H and O–H groups in total. The lowest BCUT2D eigenvalue weighted by Crippen LogP contribution is -2.23. The molecule has 26 heavy (non-hydrogen) atoms. The van der Waals surface area contributed by atoms with Crippen molar-refractivity contribution in [3.05, 3.63) is 33.9 Å². The fourth-order valence-corrected chi connectivity index (χ4v) is 6.09. The smallest absolute Gasteiger partial charge is 0.310 e. The van der Waals surface area contributed by atoms with Gasteiger partial charge in [0, 0.05) is 0 Å². The van der Waals surface area contributed by atoms with Crippen LogP contribution in [0.1, 0.15) is 47.1 Å². The molecule has 3 atom stereocenters. The average molecular weight is 376 g/mol. The number of amides is 1. The number of nitrogens with two attached hydrogens (primary N) is 1. The molecule has 140 valence electrons. The van der Waals surface area contributed by atoms with Crippen molar-refractivity contribution in [2.45, 2.75) is 56.6 Å². The molecule has 0 bridgehead atoms. The van der Waals surface area contributed by atoms with Crippen molar-refractivity contribution < 1.29 is 18.5 Å². The Balaban J connectivity index is 1.58. The molecule has 0 radical (unpaired) electrons.